The Balaban J connectivity index is 2.04. The lowest BCUT2D eigenvalue weighted by atomic mass is 9.88. The van der Waals surface area contributed by atoms with Gasteiger partial charge in [-0.3, -0.25) is 4.79 Å². The van der Waals surface area contributed by atoms with Gasteiger partial charge in [-0.1, -0.05) is 6.07 Å². The molecule has 0 spiro atoms. The molecule has 3 rings (SSSR count). The van der Waals surface area contributed by atoms with Gasteiger partial charge in [0, 0.05) is 6.54 Å². The average Bonchev–Trinajstić information content (AvgIpc) is 2.77. The summed E-state index contributed by atoms with van der Waals surface area (Å²) in [6.07, 6.45) is 1.35. The van der Waals surface area contributed by atoms with Crippen molar-refractivity contribution in [1.29, 1.82) is 0 Å². The van der Waals surface area contributed by atoms with E-state index in [1.165, 1.54) is 0 Å². The minimum absolute atomic E-state index is 0.0505. The van der Waals surface area contributed by atoms with Gasteiger partial charge in [0.15, 0.2) is 23.0 Å². The Morgan fingerprint density at radius 3 is 2.21 bits per heavy atom. The SMILES string of the molecule is COc1ccc(C[C@@H]2c3cc(OC)c(OC)cc3CCN2C(=O)CCl)cc1OC. The van der Waals surface area contributed by atoms with Gasteiger partial charge in [-0.05, 0) is 53.8 Å². The predicted octanol–water partition coefficient (Wildman–Crippen LogP) is 3.63. The van der Waals surface area contributed by atoms with Crippen LogP contribution in [-0.2, 0) is 17.6 Å². The lowest BCUT2D eigenvalue weighted by molar-refractivity contribution is -0.131. The largest absolute Gasteiger partial charge is 0.493 e. The zero-order valence-corrected chi connectivity index (χ0v) is 17.9. The Bertz CT molecular complexity index is 886. The molecule has 1 aliphatic heterocycles. The maximum atomic E-state index is 12.6. The van der Waals surface area contributed by atoms with Gasteiger partial charge in [-0.15, -0.1) is 11.6 Å². The number of carbonyl (C=O) groups excluding carboxylic acids is 1. The summed E-state index contributed by atoms with van der Waals surface area (Å²) in [6, 6.07) is 9.60. The molecule has 0 saturated carbocycles. The second-order valence-electron chi connectivity index (χ2n) is 6.79. The smallest absolute Gasteiger partial charge is 0.238 e. The lowest BCUT2D eigenvalue weighted by Gasteiger charge is -2.38. The van der Waals surface area contributed by atoms with Crippen LogP contribution in [0.2, 0.25) is 0 Å². The van der Waals surface area contributed by atoms with Crippen molar-refractivity contribution >= 4 is 17.5 Å². The van der Waals surface area contributed by atoms with Crippen LogP contribution >= 0.6 is 11.6 Å². The number of benzene rings is 2. The second-order valence-corrected chi connectivity index (χ2v) is 7.05. The summed E-state index contributed by atoms with van der Waals surface area (Å²) >= 11 is 5.90. The van der Waals surface area contributed by atoms with Gasteiger partial charge >= 0.3 is 0 Å². The van der Waals surface area contributed by atoms with E-state index in [4.69, 9.17) is 30.5 Å². The number of halogens is 1. The van der Waals surface area contributed by atoms with Crippen LogP contribution in [-0.4, -0.2) is 51.7 Å². The molecule has 0 radical (unpaired) electrons. The number of rotatable bonds is 7. The molecule has 1 aliphatic rings. The molecule has 29 heavy (non-hydrogen) atoms. The number of nitrogens with zero attached hydrogens (tertiary/aromatic N) is 1. The van der Waals surface area contributed by atoms with Crippen LogP contribution in [0.3, 0.4) is 0 Å². The summed E-state index contributed by atoms with van der Waals surface area (Å²) in [4.78, 5) is 14.4. The fourth-order valence-corrected chi connectivity index (χ4v) is 4.01. The fraction of sp³-hybridized carbons (Fsp3) is 0.409. The minimum atomic E-state index is -0.164. The normalized spacial score (nSPS) is 15.5. The van der Waals surface area contributed by atoms with Crippen LogP contribution < -0.4 is 18.9 Å². The topological polar surface area (TPSA) is 57.2 Å². The summed E-state index contributed by atoms with van der Waals surface area (Å²) in [5.41, 5.74) is 3.22. The summed E-state index contributed by atoms with van der Waals surface area (Å²) in [5, 5.41) is 0. The van der Waals surface area contributed by atoms with Crippen molar-refractivity contribution in [1.82, 2.24) is 4.90 Å². The molecule has 0 aliphatic carbocycles. The number of alkyl halides is 1. The van der Waals surface area contributed by atoms with E-state index >= 15 is 0 Å². The lowest BCUT2D eigenvalue weighted by Crippen LogP contribution is -2.41. The van der Waals surface area contributed by atoms with Crippen molar-refractivity contribution in [3.8, 4) is 23.0 Å². The first-order chi connectivity index (χ1) is 14.1. The Morgan fingerprint density at radius 1 is 0.966 bits per heavy atom. The molecule has 0 N–H and O–H groups in total. The van der Waals surface area contributed by atoms with Gasteiger partial charge in [0.05, 0.1) is 34.5 Å². The molecule has 0 unspecified atom stereocenters. The van der Waals surface area contributed by atoms with Crippen molar-refractivity contribution in [3.05, 3.63) is 47.0 Å². The third kappa shape index (κ3) is 4.22. The molecule has 2 aromatic carbocycles. The predicted molar refractivity (Wildman–Crippen MR) is 112 cm³/mol. The number of amides is 1. The summed E-state index contributed by atoms with van der Waals surface area (Å²) in [6.45, 7) is 0.603. The second kappa shape index (κ2) is 9.27. The Kier molecular flexibility index (Phi) is 6.75. The van der Waals surface area contributed by atoms with Gasteiger partial charge in [0.25, 0.3) is 0 Å². The van der Waals surface area contributed by atoms with Crippen molar-refractivity contribution < 1.29 is 23.7 Å². The molecule has 0 saturated heterocycles. The fourth-order valence-electron chi connectivity index (χ4n) is 3.85. The summed E-state index contributed by atoms with van der Waals surface area (Å²) in [5.74, 6) is 2.52. The van der Waals surface area contributed by atoms with Gasteiger partial charge in [0.1, 0.15) is 5.88 Å². The van der Waals surface area contributed by atoms with Crippen molar-refractivity contribution in [3.63, 3.8) is 0 Å². The number of ether oxygens (including phenoxy) is 4. The average molecular weight is 420 g/mol. The van der Waals surface area contributed by atoms with Crippen molar-refractivity contribution in [2.75, 3.05) is 40.9 Å². The van der Waals surface area contributed by atoms with Gasteiger partial charge in [-0.2, -0.15) is 0 Å². The highest BCUT2D eigenvalue weighted by Crippen LogP contribution is 2.40. The number of hydrogen-bond acceptors (Lipinski definition) is 5. The summed E-state index contributed by atoms with van der Waals surface area (Å²) in [7, 11) is 6.45. The van der Waals surface area contributed by atoms with E-state index in [0.29, 0.717) is 36.0 Å². The van der Waals surface area contributed by atoms with E-state index in [-0.39, 0.29) is 17.8 Å². The maximum absolute atomic E-state index is 12.6. The van der Waals surface area contributed by atoms with E-state index in [0.717, 1.165) is 23.1 Å². The van der Waals surface area contributed by atoms with E-state index in [1.807, 2.05) is 35.2 Å². The van der Waals surface area contributed by atoms with Crippen LogP contribution in [0, 0.1) is 0 Å². The number of hydrogen-bond donors (Lipinski definition) is 0. The molecule has 0 bridgehead atoms. The van der Waals surface area contributed by atoms with Crippen LogP contribution in [0.15, 0.2) is 30.3 Å². The Morgan fingerprint density at radius 2 is 1.59 bits per heavy atom. The van der Waals surface area contributed by atoms with E-state index in [1.54, 1.807) is 28.4 Å². The van der Waals surface area contributed by atoms with Crippen LogP contribution in [0.25, 0.3) is 0 Å². The van der Waals surface area contributed by atoms with Crippen LogP contribution in [0.1, 0.15) is 22.7 Å². The molecule has 2 aromatic rings. The molecule has 156 valence electrons. The number of fused-ring (bicyclic) bond motifs is 1. The molecule has 0 fully saturated rings. The highest BCUT2D eigenvalue weighted by molar-refractivity contribution is 6.27. The quantitative estimate of drug-likeness (QED) is 0.641. The van der Waals surface area contributed by atoms with Gasteiger partial charge < -0.3 is 23.8 Å². The first-order valence-electron chi connectivity index (χ1n) is 9.37. The minimum Gasteiger partial charge on any atom is -0.493 e. The molecule has 7 heteroatoms. The number of carbonyl (C=O) groups is 1. The van der Waals surface area contributed by atoms with E-state index < -0.39 is 0 Å². The summed E-state index contributed by atoms with van der Waals surface area (Å²) < 4.78 is 21.7. The zero-order chi connectivity index (χ0) is 21.0. The first kappa shape index (κ1) is 21.1. The van der Waals surface area contributed by atoms with E-state index in [9.17, 15) is 4.79 Å². The van der Waals surface area contributed by atoms with Crippen molar-refractivity contribution in [2.24, 2.45) is 0 Å². The third-order valence-corrected chi connectivity index (χ3v) is 5.54. The Labute approximate surface area is 176 Å². The van der Waals surface area contributed by atoms with Crippen LogP contribution in [0.5, 0.6) is 23.0 Å². The first-order valence-corrected chi connectivity index (χ1v) is 9.90. The van der Waals surface area contributed by atoms with Crippen molar-refractivity contribution in [2.45, 2.75) is 18.9 Å². The molecule has 6 nitrogen and oxygen atoms in total. The molecule has 1 amide bonds. The van der Waals surface area contributed by atoms with Gasteiger partial charge in [-0.25, -0.2) is 0 Å². The highest BCUT2D eigenvalue weighted by atomic mass is 35.5. The zero-order valence-electron chi connectivity index (χ0n) is 17.2. The molecule has 1 atom stereocenters. The van der Waals surface area contributed by atoms with Crippen LogP contribution in [0.4, 0.5) is 0 Å². The molecule has 0 aromatic heterocycles. The number of methoxy groups -OCH3 is 4. The standard InChI is InChI=1S/C22H26ClNO5/c1-26-18-6-5-14(10-19(18)27-2)9-17-16-12-21(29-4)20(28-3)11-15(16)7-8-24(17)22(25)13-23/h5-6,10-12,17H,7-9,13H2,1-4H3/t17-/m1/s1. The monoisotopic (exact) mass is 419 g/mol. The van der Waals surface area contributed by atoms with E-state index in [2.05, 4.69) is 0 Å². The molecular weight excluding hydrogens is 394 g/mol. The maximum Gasteiger partial charge on any atom is 0.238 e. The van der Waals surface area contributed by atoms with Gasteiger partial charge in [0.2, 0.25) is 5.91 Å². The molecule has 1 heterocycles. The Hall–Kier alpha value is -2.60. The highest BCUT2D eigenvalue weighted by Gasteiger charge is 2.32. The molecular formula is C22H26ClNO5. The third-order valence-electron chi connectivity index (χ3n) is 5.31.